The summed E-state index contributed by atoms with van der Waals surface area (Å²) >= 11 is 0. The van der Waals surface area contributed by atoms with Crippen LogP contribution >= 0.6 is 0 Å². The molecule has 0 fully saturated rings. The van der Waals surface area contributed by atoms with Crippen molar-refractivity contribution in [3.63, 3.8) is 0 Å². The molecule has 0 unspecified atom stereocenters. The molecule has 2 aromatic carbocycles. The summed E-state index contributed by atoms with van der Waals surface area (Å²) in [5, 5.41) is 1.32. The van der Waals surface area contributed by atoms with Crippen LogP contribution < -0.4 is 10.4 Å². The summed E-state index contributed by atoms with van der Waals surface area (Å²) in [6.45, 7) is 1.97. The van der Waals surface area contributed by atoms with E-state index in [9.17, 15) is 9.18 Å². The van der Waals surface area contributed by atoms with Crippen LogP contribution in [0.15, 0.2) is 58.0 Å². The number of benzene rings is 2. The molecule has 0 spiro atoms. The van der Waals surface area contributed by atoms with E-state index in [1.807, 2.05) is 13.0 Å². The lowest BCUT2D eigenvalue weighted by molar-refractivity contribution is 0.466. The molecule has 124 valence electrons. The van der Waals surface area contributed by atoms with Gasteiger partial charge in [-0.05, 0) is 42.3 Å². The first-order valence-electron chi connectivity index (χ1n) is 7.79. The summed E-state index contributed by atoms with van der Waals surface area (Å²) in [6, 6.07) is 10.9. The van der Waals surface area contributed by atoms with Gasteiger partial charge in [-0.2, -0.15) is 0 Å². The Morgan fingerprint density at radius 1 is 1.08 bits per heavy atom. The molecular formula is C19H13FN2O3. The van der Waals surface area contributed by atoms with E-state index in [1.165, 1.54) is 24.5 Å². The third-order valence-corrected chi connectivity index (χ3v) is 3.96. The van der Waals surface area contributed by atoms with Crippen molar-refractivity contribution >= 4 is 21.9 Å². The first-order chi connectivity index (χ1) is 12.1. The zero-order valence-corrected chi connectivity index (χ0v) is 13.3. The lowest BCUT2D eigenvalue weighted by Crippen LogP contribution is -2.00. The van der Waals surface area contributed by atoms with E-state index in [-0.39, 0.29) is 5.88 Å². The minimum atomic E-state index is -0.406. The molecule has 0 saturated heterocycles. The van der Waals surface area contributed by atoms with Gasteiger partial charge in [0.2, 0.25) is 5.88 Å². The largest absolute Gasteiger partial charge is 0.438 e. The molecule has 0 aliphatic heterocycles. The van der Waals surface area contributed by atoms with Crippen molar-refractivity contribution in [3.8, 4) is 11.6 Å². The fraction of sp³-hybridized carbons (Fsp3) is 0.105. The van der Waals surface area contributed by atoms with Crippen LogP contribution in [0.5, 0.6) is 11.6 Å². The Balaban J connectivity index is 1.81. The van der Waals surface area contributed by atoms with Crippen molar-refractivity contribution in [3.05, 3.63) is 70.6 Å². The number of halogens is 1. The predicted molar refractivity (Wildman–Crippen MR) is 91.4 cm³/mol. The van der Waals surface area contributed by atoms with Gasteiger partial charge in [0.1, 0.15) is 23.5 Å². The number of hydrogen-bond donors (Lipinski definition) is 0. The van der Waals surface area contributed by atoms with Gasteiger partial charge < -0.3 is 9.15 Å². The van der Waals surface area contributed by atoms with E-state index in [4.69, 9.17) is 9.15 Å². The Morgan fingerprint density at radius 2 is 1.96 bits per heavy atom. The number of aromatic nitrogens is 2. The average Bonchev–Trinajstić information content (AvgIpc) is 2.61. The van der Waals surface area contributed by atoms with Crippen LogP contribution in [-0.2, 0) is 6.42 Å². The van der Waals surface area contributed by atoms with Gasteiger partial charge in [0, 0.05) is 17.5 Å². The molecule has 0 radical (unpaired) electrons. The lowest BCUT2D eigenvalue weighted by atomic mass is 10.1. The van der Waals surface area contributed by atoms with Crippen LogP contribution in [0.1, 0.15) is 12.5 Å². The summed E-state index contributed by atoms with van der Waals surface area (Å²) in [7, 11) is 0. The molecule has 0 bridgehead atoms. The molecule has 0 saturated carbocycles. The van der Waals surface area contributed by atoms with Crippen molar-refractivity contribution in [2.75, 3.05) is 0 Å². The zero-order valence-electron chi connectivity index (χ0n) is 13.3. The standard InChI is InChI=1S/C19H13FN2O3/c1-2-11-7-18(23)25-17-9-13(4-5-14(11)17)24-19-15-8-12(20)3-6-16(15)21-10-22-19/h3-10H,2H2,1H3. The van der Waals surface area contributed by atoms with Crippen LogP contribution in [0, 0.1) is 5.82 Å². The molecular weight excluding hydrogens is 323 g/mol. The maximum atomic E-state index is 13.5. The van der Waals surface area contributed by atoms with Gasteiger partial charge in [0.05, 0.1) is 10.9 Å². The maximum Gasteiger partial charge on any atom is 0.336 e. The first-order valence-corrected chi connectivity index (χ1v) is 7.79. The van der Waals surface area contributed by atoms with Crippen molar-refractivity contribution in [1.29, 1.82) is 0 Å². The third kappa shape index (κ3) is 2.82. The number of ether oxygens (including phenoxy) is 1. The highest BCUT2D eigenvalue weighted by Gasteiger charge is 2.10. The Morgan fingerprint density at radius 3 is 2.80 bits per heavy atom. The minimum Gasteiger partial charge on any atom is -0.438 e. The average molecular weight is 336 g/mol. The summed E-state index contributed by atoms with van der Waals surface area (Å²) < 4.78 is 24.6. The van der Waals surface area contributed by atoms with Crippen molar-refractivity contribution < 1.29 is 13.5 Å². The second kappa shape index (κ2) is 5.98. The minimum absolute atomic E-state index is 0.234. The molecule has 0 amide bonds. The molecule has 0 aliphatic carbocycles. The summed E-state index contributed by atoms with van der Waals surface area (Å²) in [6.07, 6.45) is 2.07. The second-order valence-corrected chi connectivity index (χ2v) is 5.54. The smallest absolute Gasteiger partial charge is 0.336 e. The van der Waals surface area contributed by atoms with Crippen molar-refractivity contribution in [2.24, 2.45) is 0 Å². The van der Waals surface area contributed by atoms with E-state index in [2.05, 4.69) is 9.97 Å². The molecule has 0 atom stereocenters. The predicted octanol–water partition coefficient (Wildman–Crippen LogP) is 4.23. The normalized spacial score (nSPS) is 11.1. The van der Waals surface area contributed by atoms with Crippen LogP contribution in [-0.4, -0.2) is 9.97 Å². The molecule has 6 heteroatoms. The Kier molecular flexibility index (Phi) is 3.65. The molecule has 4 aromatic rings. The number of rotatable bonds is 3. The highest BCUT2D eigenvalue weighted by atomic mass is 19.1. The van der Waals surface area contributed by atoms with E-state index in [0.29, 0.717) is 22.2 Å². The highest BCUT2D eigenvalue weighted by molar-refractivity contribution is 5.84. The Hall–Kier alpha value is -3.28. The molecule has 0 aliphatic rings. The van der Waals surface area contributed by atoms with Crippen molar-refractivity contribution in [2.45, 2.75) is 13.3 Å². The van der Waals surface area contributed by atoms with Gasteiger partial charge in [0.25, 0.3) is 0 Å². The monoisotopic (exact) mass is 336 g/mol. The van der Waals surface area contributed by atoms with Crippen LogP contribution in [0.3, 0.4) is 0 Å². The Labute approximate surface area is 141 Å². The number of fused-ring (bicyclic) bond motifs is 2. The fourth-order valence-corrected chi connectivity index (χ4v) is 2.76. The van der Waals surface area contributed by atoms with Gasteiger partial charge in [-0.3, -0.25) is 0 Å². The van der Waals surface area contributed by atoms with E-state index in [0.717, 1.165) is 17.4 Å². The lowest BCUT2D eigenvalue weighted by Gasteiger charge is -2.09. The van der Waals surface area contributed by atoms with Gasteiger partial charge >= 0.3 is 5.63 Å². The number of nitrogens with zero attached hydrogens (tertiary/aromatic N) is 2. The van der Waals surface area contributed by atoms with E-state index >= 15 is 0 Å². The maximum absolute atomic E-state index is 13.5. The summed E-state index contributed by atoms with van der Waals surface area (Å²) in [5.74, 6) is 0.273. The van der Waals surface area contributed by atoms with Crippen LogP contribution in [0.25, 0.3) is 21.9 Å². The van der Waals surface area contributed by atoms with E-state index < -0.39 is 11.4 Å². The van der Waals surface area contributed by atoms with Gasteiger partial charge in [-0.25, -0.2) is 19.2 Å². The molecule has 25 heavy (non-hydrogen) atoms. The SMILES string of the molecule is CCc1cc(=O)oc2cc(Oc3ncnc4ccc(F)cc34)ccc12. The first kappa shape index (κ1) is 15.3. The van der Waals surface area contributed by atoms with Gasteiger partial charge in [-0.1, -0.05) is 6.92 Å². The molecule has 5 nitrogen and oxygen atoms in total. The van der Waals surface area contributed by atoms with Gasteiger partial charge in [0.15, 0.2) is 0 Å². The number of aryl methyl sites for hydroxylation is 1. The van der Waals surface area contributed by atoms with Crippen molar-refractivity contribution in [1.82, 2.24) is 9.97 Å². The summed E-state index contributed by atoms with van der Waals surface area (Å²) in [5.41, 5.74) is 1.52. The third-order valence-electron chi connectivity index (χ3n) is 3.96. The number of hydrogen-bond acceptors (Lipinski definition) is 5. The molecule has 4 rings (SSSR count). The van der Waals surface area contributed by atoms with Gasteiger partial charge in [-0.15, -0.1) is 0 Å². The Bertz CT molecular complexity index is 1150. The molecule has 2 aromatic heterocycles. The van der Waals surface area contributed by atoms with Crippen LogP contribution in [0.4, 0.5) is 4.39 Å². The highest BCUT2D eigenvalue weighted by Crippen LogP contribution is 2.29. The quantitative estimate of drug-likeness (QED) is 0.524. The summed E-state index contributed by atoms with van der Waals surface area (Å²) in [4.78, 5) is 19.8. The second-order valence-electron chi connectivity index (χ2n) is 5.54. The topological polar surface area (TPSA) is 65.2 Å². The molecule has 0 N–H and O–H groups in total. The fourth-order valence-electron chi connectivity index (χ4n) is 2.76. The van der Waals surface area contributed by atoms with Crippen LogP contribution in [0.2, 0.25) is 0 Å². The zero-order chi connectivity index (χ0) is 17.4. The van der Waals surface area contributed by atoms with E-state index in [1.54, 1.807) is 18.2 Å². The molecule has 2 heterocycles.